The van der Waals surface area contributed by atoms with Crippen molar-refractivity contribution in [1.82, 2.24) is 35.0 Å². The second-order valence-electron chi connectivity index (χ2n) is 4.09. The minimum atomic E-state index is 0.463. The van der Waals surface area contributed by atoms with Gasteiger partial charge in [-0.1, -0.05) is 0 Å². The molecule has 0 unspecified atom stereocenters. The van der Waals surface area contributed by atoms with Crippen molar-refractivity contribution in [3.8, 4) is 5.95 Å². The topological polar surface area (TPSA) is 96.7 Å². The Morgan fingerprint density at radius 1 is 1.16 bits per heavy atom. The van der Waals surface area contributed by atoms with Gasteiger partial charge < -0.3 is 15.5 Å². The number of aromatic nitrogens is 6. The lowest BCUT2D eigenvalue weighted by atomic mass is 10.4. The van der Waals surface area contributed by atoms with Gasteiger partial charge in [-0.25, -0.2) is 4.98 Å². The highest BCUT2D eigenvalue weighted by molar-refractivity contribution is 5.40. The number of piperazine rings is 1. The summed E-state index contributed by atoms with van der Waals surface area (Å²) >= 11 is 0. The van der Waals surface area contributed by atoms with Gasteiger partial charge in [0.1, 0.15) is 12.7 Å². The van der Waals surface area contributed by atoms with Crippen LogP contribution in [0.25, 0.3) is 5.95 Å². The second kappa shape index (κ2) is 5.14. The first-order valence-electron chi connectivity index (χ1n) is 6.11. The molecule has 9 heteroatoms. The molecule has 9 nitrogen and oxygen atoms in total. The van der Waals surface area contributed by atoms with Gasteiger partial charge in [0.15, 0.2) is 0 Å². The van der Waals surface area contributed by atoms with Crippen LogP contribution in [0.4, 0.5) is 11.9 Å². The minimum Gasteiger partial charge on any atom is -0.357 e. The van der Waals surface area contributed by atoms with Crippen LogP contribution in [0.15, 0.2) is 12.7 Å². The monoisotopic (exact) mass is 261 g/mol. The molecule has 0 radical (unpaired) electrons. The Morgan fingerprint density at radius 2 is 1.95 bits per heavy atom. The maximum absolute atomic E-state index is 4.44. The summed E-state index contributed by atoms with van der Waals surface area (Å²) in [4.78, 5) is 19.1. The van der Waals surface area contributed by atoms with Gasteiger partial charge in [-0.2, -0.15) is 24.7 Å². The van der Waals surface area contributed by atoms with E-state index in [0.717, 1.165) is 26.2 Å². The molecule has 100 valence electrons. The van der Waals surface area contributed by atoms with Crippen molar-refractivity contribution >= 4 is 11.9 Å². The van der Waals surface area contributed by atoms with Crippen LogP contribution in [0.2, 0.25) is 0 Å². The molecule has 0 aromatic carbocycles. The summed E-state index contributed by atoms with van der Waals surface area (Å²) < 4.78 is 1.52. The summed E-state index contributed by atoms with van der Waals surface area (Å²) in [6.07, 6.45) is 3.02. The van der Waals surface area contributed by atoms with E-state index in [4.69, 9.17) is 0 Å². The fraction of sp³-hybridized carbons (Fsp3) is 0.500. The van der Waals surface area contributed by atoms with Crippen LogP contribution in [-0.4, -0.2) is 62.9 Å². The van der Waals surface area contributed by atoms with Crippen LogP contribution in [0.5, 0.6) is 0 Å². The van der Waals surface area contributed by atoms with Crippen LogP contribution in [0.3, 0.4) is 0 Å². The van der Waals surface area contributed by atoms with Gasteiger partial charge >= 0.3 is 0 Å². The number of nitrogens with one attached hydrogen (secondary N) is 2. The average Bonchev–Trinajstić information content (AvgIpc) is 3.02. The standard InChI is InChI=1S/C10H15N9/c1-11-8-15-9(18-4-2-12-3-5-18)17-10(16-8)19-7-13-6-14-19/h6-7,12H,2-5H2,1H3,(H,11,15,16,17). The molecule has 0 spiro atoms. The first kappa shape index (κ1) is 11.8. The van der Waals surface area contributed by atoms with Crippen molar-refractivity contribution < 1.29 is 0 Å². The van der Waals surface area contributed by atoms with Crippen molar-refractivity contribution in [2.45, 2.75) is 0 Å². The van der Waals surface area contributed by atoms with E-state index >= 15 is 0 Å². The van der Waals surface area contributed by atoms with Crippen molar-refractivity contribution in [3.63, 3.8) is 0 Å². The smallest absolute Gasteiger partial charge is 0.258 e. The molecular formula is C10H15N9. The summed E-state index contributed by atoms with van der Waals surface area (Å²) in [6.45, 7) is 3.62. The highest BCUT2D eigenvalue weighted by atomic mass is 15.4. The highest BCUT2D eigenvalue weighted by Gasteiger charge is 2.16. The molecule has 1 saturated heterocycles. The Hall–Kier alpha value is -2.29. The fourth-order valence-electron chi connectivity index (χ4n) is 1.89. The molecule has 1 aliphatic heterocycles. The maximum Gasteiger partial charge on any atom is 0.258 e. The Kier molecular flexibility index (Phi) is 3.19. The van der Waals surface area contributed by atoms with E-state index in [1.165, 1.54) is 11.0 Å². The largest absolute Gasteiger partial charge is 0.357 e. The lowest BCUT2D eigenvalue weighted by Gasteiger charge is -2.27. The Morgan fingerprint density at radius 3 is 2.63 bits per heavy atom. The van der Waals surface area contributed by atoms with Gasteiger partial charge in [-0.3, -0.25) is 0 Å². The van der Waals surface area contributed by atoms with Gasteiger partial charge in [0.25, 0.3) is 5.95 Å². The molecule has 1 fully saturated rings. The molecule has 0 aliphatic carbocycles. The van der Waals surface area contributed by atoms with Crippen LogP contribution < -0.4 is 15.5 Å². The van der Waals surface area contributed by atoms with E-state index in [0.29, 0.717) is 17.8 Å². The van der Waals surface area contributed by atoms with Crippen LogP contribution in [0.1, 0.15) is 0 Å². The van der Waals surface area contributed by atoms with E-state index in [-0.39, 0.29) is 0 Å². The van der Waals surface area contributed by atoms with Crippen LogP contribution in [0, 0.1) is 0 Å². The number of hydrogen-bond donors (Lipinski definition) is 2. The molecule has 3 heterocycles. The summed E-state index contributed by atoms with van der Waals surface area (Å²) in [6, 6.07) is 0. The van der Waals surface area contributed by atoms with Crippen molar-refractivity contribution in [1.29, 1.82) is 0 Å². The first-order chi connectivity index (χ1) is 9.36. The highest BCUT2D eigenvalue weighted by Crippen LogP contribution is 2.12. The number of rotatable bonds is 3. The quantitative estimate of drug-likeness (QED) is 0.719. The molecule has 2 aromatic rings. The van der Waals surface area contributed by atoms with E-state index in [1.54, 1.807) is 13.4 Å². The zero-order valence-corrected chi connectivity index (χ0v) is 10.6. The first-order valence-corrected chi connectivity index (χ1v) is 6.11. The van der Waals surface area contributed by atoms with Gasteiger partial charge in [-0.05, 0) is 0 Å². The van der Waals surface area contributed by atoms with Crippen LogP contribution >= 0.6 is 0 Å². The van der Waals surface area contributed by atoms with Gasteiger partial charge in [0.2, 0.25) is 11.9 Å². The molecule has 2 N–H and O–H groups in total. The Bertz CT molecular complexity index is 532. The van der Waals surface area contributed by atoms with Gasteiger partial charge in [0, 0.05) is 33.2 Å². The fourth-order valence-corrected chi connectivity index (χ4v) is 1.89. The second-order valence-corrected chi connectivity index (χ2v) is 4.09. The zero-order valence-electron chi connectivity index (χ0n) is 10.6. The molecule has 0 atom stereocenters. The van der Waals surface area contributed by atoms with Gasteiger partial charge in [-0.15, -0.1) is 0 Å². The number of anilines is 2. The zero-order chi connectivity index (χ0) is 13.1. The molecule has 19 heavy (non-hydrogen) atoms. The normalized spacial score (nSPS) is 15.5. The SMILES string of the molecule is CNc1nc(N2CCNCC2)nc(-n2cncn2)n1. The lowest BCUT2D eigenvalue weighted by Crippen LogP contribution is -2.44. The van der Waals surface area contributed by atoms with Crippen LogP contribution in [-0.2, 0) is 0 Å². The van der Waals surface area contributed by atoms with Gasteiger partial charge in [0.05, 0.1) is 0 Å². The molecule has 0 saturated carbocycles. The Balaban J connectivity index is 1.97. The average molecular weight is 261 g/mol. The van der Waals surface area contributed by atoms with Crippen molar-refractivity contribution in [2.24, 2.45) is 0 Å². The molecule has 1 aliphatic rings. The summed E-state index contributed by atoms with van der Waals surface area (Å²) in [5, 5.41) is 10.3. The van der Waals surface area contributed by atoms with Crippen molar-refractivity contribution in [2.75, 3.05) is 43.4 Å². The Labute approximate surface area is 110 Å². The summed E-state index contributed by atoms with van der Waals surface area (Å²) in [7, 11) is 1.78. The molecule has 3 rings (SSSR count). The predicted octanol–water partition coefficient (Wildman–Crippen LogP) is -1.10. The molecular weight excluding hydrogens is 246 g/mol. The van der Waals surface area contributed by atoms with E-state index in [1.807, 2.05) is 0 Å². The van der Waals surface area contributed by atoms with E-state index in [2.05, 4.69) is 40.6 Å². The van der Waals surface area contributed by atoms with Crippen molar-refractivity contribution in [3.05, 3.63) is 12.7 Å². The van der Waals surface area contributed by atoms with E-state index < -0.39 is 0 Å². The number of nitrogens with zero attached hydrogens (tertiary/aromatic N) is 7. The lowest BCUT2D eigenvalue weighted by molar-refractivity contribution is 0.578. The minimum absolute atomic E-state index is 0.463. The third kappa shape index (κ3) is 2.45. The molecule has 0 amide bonds. The molecule has 0 bridgehead atoms. The molecule has 2 aromatic heterocycles. The third-order valence-electron chi connectivity index (χ3n) is 2.86. The summed E-state index contributed by atoms with van der Waals surface area (Å²) in [5.74, 6) is 1.64. The predicted molar refractivity (Wildman–Crippen MR) is 69.4 cm³/mol. The van der Waals surface area contributed by atoms with E-state index in [9.17, 15) is 0 Å². The summed E-state index contributed by atoms with van der Waals surface area (Å²) in [5.41, 5.74) is 0. The maximum atomic E-state index is 4.44. The third-order valence-corrected chi connectivity index (χ3v) is 2.86. The number of hydrogen-bond acceptors (Lipinski definition) is 8.